The van der Waals surface area contributed by atoms with E-state index in [1.165, 1.54) is 12.0 Å². The van der Waals surface area contributed by atoms with Crippen LogP contribution in [0.2, 0.25) is 0 Å². The Morgan fingerprint density at radius 1 is 1.33 bits per heavy atom. The minimum absolute atomic E-state index is 0.183. The molecule has 100 valence electrons. The van der Waals surface area contributed by atoms with Crippen LogP contribution in [-0.4, -0.2) is 17.3 Å². The molecule has 2 heteroatoms. The summed E-state index contributed by atoms with van der Waals surface area (Å²) in [6, 6.07) is 8.26. The van der Waals surface area contributed by atoms with E-state index in [-0.39, 0.29) is 12.2 Å². The van der Waals surface area contributed by atoms with E-state index in [4.69, 9.17) is 4.74 Å². The molecule has 0 aliphatic heterocycles. The molecule has 0 amide bonds. The molecule has 18 heavy (non-hydrogen) atoms. The summed E-state index contributed by atoms with van der Waals surface area (Å²) in [5, 5.41) is 10.1. The minimum Gasteiger partial charge on any atom is -0.491 e. The molecule has 0 aromatic heterocycles. The van der Waals surface area contributed by atoms with E-state index in [1.54, 1.807) is 0 Å². The summed E-state index contributed by atoms with van der Waals surface area (Å²) in [5.41, 5.74) is 1.23. The zero-order valence-electron chi connectivity index (χ0n) is 11.4. The summed E-state index contributed by atoms with van der Waals surface area (Å²) in [4.78, 5) is 0. The standard InChI is InChI=1S/C16H24O2/c1-3-12(2)18-14-8-6-7-13(11-14)15-9-4-5-10-16(15)17/h6-8,11-12,15-17H,3-5,9-10H2,1-2H3. The second kappa shape index (κ2) is 6.24. The molecule has 1 fully saturated rings. The highest BCUT2D eigenvalue weighted by Gasteiger charge is 2.24. The number of aliphatic hydroxyl groups is 1. The fourth-order valence-corrected chi connectivity index (χ4v) is 2.63. The molecular formula is C16H24O2. The van der Waals surface area contributed by atoms with E-state index in [9.17, 15) is 5.11 Å². The van der Waals surface area contributed by atoms with Crippen molar-refractivity contribution in [1.29, 1.82) is 0 Å². The third kappa shape index (κ3) is 3.26. The van der Waals surface area contributed by atoms with Crippen molar-refractivity contribution in [3.8, 4) is 5.75 Å². The number of benzene rings is 1. The molecule has 1 N–H and O–H groups in total. The molecule has 3 atom stereocenters. The third-order valence-electron chi connectivity index (χ3n) is 3.93. The van der Waals surface area contributed by atoms with E-state index < -0.39 is 0 Å². The summed E-state index contributed by atoms with van der Waals surface area (Å²) >= 11 is 0. The second-order valence-electron chi connectivity index (χ2n) is 5.37. The van der Waals surface area contributed by atoms with Gasteiger partial charge in [0, 0.05) is 5.92 Å². The average molecular weight is 248 g/mol. The molecule has 0 saturated heterocycles. The SMILES string of the molecule is CCC(C)Oc1cccc(C2CCCCC2O)c1. The highest BCUT2D eigenvalue weighted by atomic mass is 16.5. The summed E-state index contributed by atoms with van der Waals surface area (Å²) < 4.78 is 5.85. The van der Waals surface area contributed by atoms with Gasteiger partial charge in [0.2, 0.25) is 0 Å². The molecular weight excluding hydrogens is 224 g/mol. The molecule has 0 heterocycles. The predicted octanol–water partition coefficient (Wildman–Crippen LogP) is 3.88. The van der Waals surface area contributed by atoms with Crippen LogP contribution >= 0.6 is 0 Å². The largest absolute Gasteiger partial charge is 0.491 e. The first-order valence-electron chi connectivity index (χ1n) is 7.15. The molecule has 3 unspecified atom stereocenters. The van der Waals surface area contributed by atoms with Crippen molar-refractivity contribution in [2.45, 2.75) is 64.1 Å². The fourth-order valence-electron chi connectivity index (χ4n) is 2.63. The highest BCUT2D eigenvalue weighted by Crippen LogP contribution is 2.34. The smallest absolute Gasteiger partial charge is 0.119 e. The van der Waals surface area contributed by atoms with Crippen molar-refractivity contribution in [3.63, 3.8) is 0 Å². The molecule has 2 rings (SSSR count). The van der Waals surface area contributed by atoms with Crippen molar-refractivity contribution in [1.82, 2.24) is 0 Å². The average Bonchev–Trinajstić information content (AvgIpc) is 2.39. The molecule has 1 aliphatic carbocycles. The van der Waals surface area contributed by atoms with Gasteiger partial charge >= 0.3 is 0 Å². The second-order valence-corrected chi connectivity index (χ2v) is 5.37. The maximum Gasteiger partial charge on any atom is 0.119 e. The molecule has 1 saturated carbocycles. The van der Waals surface area contributed by atoms with Gasteiger partial charge in [0.25, 0.3) is 0 Å². The molecule has 2 nitrogen and oxygen atoms in total. The lowest BCUT2D eigenvalue weighted by Crippen LogP contribution is -2.22. The minimum atomic E-state index is -0.183. The van der Waals surface area contributed by atoms with Crippen molar-refractivity contribution in [2.24, 2.45) is 0 Å². The van der Waals surface area contributed by atoms with Crippen LogP contribution in [0.15, 0.2) is 24.3 Å². The van der Waals surface area contributed by atoms with Gasteiger partial charge in [-0.05, 0) is 43.9 Å². The van der Waals surface area contributed by atoms with Gasteiger partial charge < -0.3 is 9.84 Å². The van der Waals surface area contributed by atoms with Crippen LogP contribution in [0.5, 0.6) is 5.75 Å². The zero-order valence-corrected chi connectivity index (χ0v) is 11.4. The van der Waals surface area contributed by atoms with Gasteiger partial charge in [-0.3, -0.25) is 0 Å². The molecule has 1 aromatic carbocycles. The van der Waals surface area contributed by atoms with Gasteiger partial charge in [-0.2, -0.15) is 0 Å². The Morgan fingerprint density at radius 3 is 2.83 bits per heavy atom. The molecule has 1 aliphatic rings. The normalized spacial score (nSPS) is 25.7. The Kier molecular flexibility index (Phi) is 4.65. The van der Waals surface area contributed by atoms with Crippen LogP contribution in [0, 0.1) is 0 Å². The first-order valence-corrected chi connectivity index (χ1v) is 7.15. The van der Waals surface area contributed by atoms with E-state index in [0.717, 1.165) is 31.4 Å². The molecule has 0 radical (unpaired) electrons. The maximum atomic E-state index is 10.1. The van der Waals surface area contributed by atoms with E-state index in [2.05, 4.69) is 26.0 Å². The molecule has 0 spiro atoms. The van der Waals surface area contributed by atoms with Crippen molar-refractivity contribution in [2.75, 3.05) is 0 Å². The summed E-state index contributed by atoms with van der Waals surface area (Å²) in [6.07, 6.45) is 5.47. The van der Waals surface area contributed by atoms with Gasteiger partial charge in [0.15, 0.2) is 0 Å². The van der Waals surface area contributed by atoms with E-state index in [1.807, 2.05) is 12.1 Å². The van der Waals surface area contributed by atoms with E-state index >= 15 is 0 Å². The first-order chi connectivity index (χ1) is 8.70. The zero-order chi connectivity index (χ0) is 13.0. The molecule has 0 bridgehead atoms. The number of rotatable bonds is 4. The fraction of sp³-hybridized carbons (Fsp3) is 0.625. The van der Waals surface area contributed by atoms with Gasteiger partial charge in [0.1, 0.15) is 5.75 Å². The Balaban J connectivity index is 2.10. The van der Waals surface area contributed by atoms with Crippen LogP contribution in [0.4, 0.5) is 0 Å². The molecule has 1 aromatic rings. The van der Waals surface area contributed by atoms with Gasteiger partial charge in [-0.15, -0.1) is 0 Å². The monoisotopic (exact) mass is 248 g/mol. The van der Waals surface area contributed by atoms with Crippen LogP contribution in [0.1, 0.15) is 57.4 Å². The lowest BCUT2D eigenvalue weighted by Gasteiger charge is -2.28. The summed E-state index contributed by atoms with van der Waals surface area (Å²) in [6.45, 7) is 4.21. The Hall–Kier alpha value is -1.02. The lowest BCUT2D eigenvalue weighted by molar-refractivity contribution is 0.106. The van der Waals surface area contributed by atoms with Crippen LogP contribution in [0.25, 0.3) is 0 Å². The van der Waals surface area contributed by atoms with Gasteiger partial charge in [-0.1, -0.05) is 31.9 Å². The number of aliphatic hydroxyl groups excluding tert-OH is 1. The van der Waals surface area contributed by atoms with Crippen molar-refractivity contribution in [3.05, 3.63) is 29.8 Å². The van der Waals surface area contributed by atoms with Crippen molar-refractivity contribution < 1.29 is 9.84 Å². The first kappa shape index (κ1) is 13.4. The van der Waals surface area contributed by atoms with Crippen molar-refractivity contribution >= 4 is 0 Å². The van der Waals surface area contributed by atoms with Gasteiger partial charge in [-0.25, -0.2) is 0 Å². The maximum absolute atomic E-state index is 10.1. The van der Waals surface area contributed by atoms with Gasteiger partial charge in [0.05, 0.1) is 12.2 Å². The Morgan fingerprint density at radius 2 is 2.11 bits per heavy atom. The van der Waals surface area contributed by atoms with Crippen LogP contribution in [0.3, 0.4) is 0 Å². The summed E-state index contributed by atoms with van der Waals surface area (Å²) in [5.74, 6) is 1.22. The van der Waals surface area contributed by atoms with Crippen LogP contribution < -0.4 is 4.74 Å². The van der Waals surface area contributed by atoms with E-state index in [0.29, 0.717) is 5.92 Å². The Bertz CT molecular complexity index is 375. The quantitative estimate of drug-likeness (QED) is 0.876. The summed E-state index contributed by atoms with van der Waals surface area (Å²) in [7, 11) is 0. The Labute approximate surface area is 110 Å². The van der Waals surface area contributed by atoms with Crippen LogP contribution in [-0.2, 0) is 0 Å². The predicted molar refractivity (Wildman–Crippen MR) is 74.0 cm³/mol. The number of hydrogen-bond donors (Lipinski definition) is 1. The highest BCUT2D eigenvalue weighted by molar-refractivity contribution is 5.32. The lowest BCUT2D eigenvalue weighted by atomic mass is 9.82. The third-order valence-corrected chi connectivity index (χ3v) is 3.93. The topological polar surface area (TPSA) is 29.5 Å². The number of hydrogen-bond acceptors (Lipinski definition) is 2. The number of ether oxygens (including phenoxy) is 1.